The number of ether oxygens (including phenoxy) is 1. The minimum Gasteiger partial charge on any atom is -0.469 e. The number of benzene rings is 1. The van der Waals surface area contributed by atoms with Crippen LogP contribution in [0.3, 0.4) is 0 Å². The zero-order valence-electron chi connectivity index (χ0n) is 13.0. The predicted molar refractivity (Wildman–Crippen MR) is 84.3 cm³/mol. The fourth-order valence-corrected chi connectivity index (χ4v) is 2.74. The van der Waals surface area contributed by atoms with Gasteiger partial charge in [-0.05, 0) is 24.9 Å². The molecule has 0 amide bonds. The Morgan fingerprint density at radius 1 is 1.05 bits per heavy atom. The third-order valence-electron chi connectivity index (χ3n) is 4.11. The van der Waals surface area contributed by atoms with Gasteiger partial charge >= 0.3 is 5.97 Å². The van der Waals surface area contributed by atoms with E-state index in [1.165, 1.54) is 25.6 Å². The van der Waals surface area contributed by atoms with Gasteiger partial charge < -0.3 is 14.5 Å². The van der Waals surface area contributed by atoms with Gasteiger partial charge in [0.2, 0.25) is 0 Å². The van der Waals surface area contributed by atoms with Crippen molar-refractivity contribution in [2.75, 3.05) is 46.4 Å². The van der Waals surface area contributed by atoms with Crippen molar-refractivity contribution in [2.45, 2.75) is 19.3 Å². The smallest absolute Gasteiger partial charge is 0.306 e. The van der Waals surface area contributed by atoms with Crippen LogP contribution < -0.4 is 0 Å². The molecule has 1 fully saturated rings. The highest BCUT2D eigenvalue weighted by atomic mass is 16.5. The SMILES string of the molecule is COC(=O)CCN1CCN(CCCc2ccccc2)CC1. The zero-order chi connectivity index (χ0) is 14.9. The Kier molecular flexibility index (Phi) is 6.70. The summed E-state index contributed by atoms with van der Waals surface area (Å²) >= 11 is 0. The zero-order valence-corrected chi connectivity index (χ0v) is 13.0. The van der Waals surface area contributed by atoms with Crippen LogP contribution in [-0.4, -0.2) is 62.1 Å². The summed E-state index contributed by atoms with van der Waals surface area (Å²) < 4.78 is 4.68. The number of piperazine rings is 1. The lowest BCUT2D eigenvalue weighted by molar-refractivity contribution is -0.141. The number of rotatable bonds is 7. The molecule has 21 heavy (non-hydrogen) atoms. The first kappa shape index (κ1) is 16.0. The highest BCUT2D eigenvalue weighted by Gasteiger charge is 2.17. The lowest BCUT2D eigenvalue weighted by Gasteiger charge is -2.34. The average Bonchev–Trinajstić information content (AvgIpc) is 2.55. The van der Waals surface area contributed by atoms with Crippen molar-refractivity contribution in [2.24, 2.45) is 0 Å². The third kappa shape index (κ3) is 5.86. The van der Waals surface area contributed by atoms with Crippen LogP contribution in [0.25, 0.3) is 0 Å². The molecule has 2 rings (SSSR count). The molecule has 0 bridgehead atoms. The molecular formula is C17H26N2O2. The second-order valence-corrected chi connectivity index (χ2v) is 5.60. The molecule has 0 radical (unpaired) electrons. The Bertz CT molecular complexity index is 414. The van der Waals surface area contributed by atoms with Crippen molar-refractivity contribution >= 4 is 5.97 Å². The maximum absolute atomic E-state index is 11.1. The molecule has 116 valence electrons. The maximum Gasteiger partial charge on any atom is 0.306 e. The van der Waals surface area contributed by atoms with Crippen LogP contribution in [0.15, 0.2) is 30.3 Å². The first-order chi connectivity index (χ1) is 10.3. The largest absolute Gasteiger partial charge is 0.469 e. The van der Waals surface area contributed by atoms with E-state index in [0.717, 1.165) is 39.1 Å². The summed E-state index contributed by atoms with van der Waals surface area (Å²) in [5, 5.41) is 0. The molecule has 1 heterocycles. The van der Waals surface area contributed by atoms with Gasteiger partial charge in [-0.1, -0.05) is 30.3 Å². The summed E-state index contributed by atoms with van der Waals surface area (Å²) in [4.78, 5) is 16.0. The van der Waals surface area contributed by atoms with Gasteiger partial charge in [-0.25, -0.2) is 0 Å². The lowest BCUT2D eigenvalue weighted by atomic mass is 10.1. The number of nitrogens with zero attached hydrogens (tertiary/aromatic N) is 2. The number of hydrogen-bond donors (Lipinski definition) is 0. The molecule has 1 saturated heterocycles. The van der Waals surface area contributed by atoms with Crippen molar-refractivity contribution < 1.29 is 9.53 Å². The van der Waals surface area contributed by atoms with Gasteiger partial charge in [0.05, 0.1) is 13.5 Å². The van der Waals surface area contributed by atoms with Crippen LogP contribution in [0.1, 0.15) is 18.4 Å². The van der Waals surface area contributed by atoms with Gasteiger partial charge in [0, 0.05) is 32.7 Å². The van der Waals surface area contributed by atoms with Gasteiger partial charge in [-0.3, -0.25) is 4.79 Å². The summed E-state index contributed by atoms with van der Waals surface area (Å²) in [6.07, 6.45) is 2.88. The van der Waals surface area contributed by atoms with Gasteiger partial charge in [0.15, 0.2) is 0 Å². The summed E-state index contributed by atoms with van der Waals surface area (Å²) in [5.41, 5.74) is 1.43. The lowest BCUT2D eigenvalue weighted by Crippen LogP contribution is -2.47. The van der Waals surface area contributed by atoms with Crippen LogP contribution in [0.2, 0.25) is 0 Å². The van der Waals surface area contributed by atoms with Crippen molar-refractivity contribution in [3.05, 3.63) is 35.9 Å². The molecule has 0 aromatic heterocycles. The number of aryl methyl sites for hydroxylation is 1. The summed E-state index contributed by atoms with van der Waals surface area (Å²) in [5.74, 6) is -0.111. The highest BCUT2D eigenvalue weighted by molar-refractivity contribution is 5.69. The molecule has 1 aromatic carbocycles. The van der Waals surface area contributed by atoms with Crippen molar-refractivity contribution in [3.8, 4) is 0 Å². The Labute approximate surface area is 127 Å². The van der Waals surface area contributed by atoms with Crippen LogP contribution in [0, 0.1) is 0 Å². The molecular weight excluding hydrogens is 264 g/mol. The summed E-state index contributed by atoms with van der Waals surface area (Å²) in [7, 11) is 1.45. The Morgan fingerprint density at radius 3 is 2.29 bits per heavy atom. The van der Waals surface area contributed by atoms with Crippen LogP contribution >= 0.6 is 0 Å². The predicted octanol–water partition coefficient (Wildman–Crippen LogP) is 1.80. The Balaban J connectivity index is 1.58. The maximum atomic E-state index is 11.1. The standard InChI is InChI=1S/C17H26N2O2/c1-21-17(20)9-11-19-14-12-18(13-15-19)10-5-8-16-6-3-2-4-7-16/h2-4,6-7H,5,8-15H2,1H3. The molecule has 0 spiro atoms. The fourth-order valence-electron chi connectivity index (χ4n) is 2.74. The molecule has 0 saturated carbocycles. The van der Waals surface area contributed by atoms with E-state index in [-0.39, 0.29) is 5.97 Å². The van der Waals surface area contributed by atoms with Gasteiger partial charge in [-0.2, -0.15) is 0 Å². The minimum atomic E-state index is -0.111. The molecule has 1 aromatic rings. The molecule has 0 atom stereocenters. The van der Waals surface area contributed by atoms with Crippen LogP contribution in [0.5, 0.6) is 0 Å². The van der Waals surface area contributed by atoms with Gasteiger partial charge in [0.1, 0.15) is 0 Å². The monoisotopic (exact) mass is 290 g/mol. The van der Waals surface area contributed by atoms with E-state index in [9.17, 15) is 4.79 Å². The molecule has 4 heteroatoms. The first-order valence-electron chi connectivity index (χ1n) is 7.83. The van der Waals surface area contributed by atoms with E-state index in [2.05, 4.69) is 44.9 Å². The summed E-state index contributed by atoms with van der Waals surface area (Å²) in [6.45, 7) is 6.32. The minimum absolute atomic E-state index is 0.111. The van der Waals surface area contributed by atoms with E-state index in [4.69, 9.17) is 0 Å². The number of carbonyl (C=O) groups excluding carboxylic acids is 1. The summed E-state index contributed by atoms with van der Waals surface area (Å²) in [6, 6.07) is 10.7. The number of hydrogen-bond acceptors (Lipinski definition) is 4. The van der Waals surface area contributed by atoms with Crippen LogP contribution in [-0.2, 0) is 16.0 Å². The Morgan fingerprint density at radius 2 is 1.67 bits per heavy atom. The molecule has 0 N–H and O–H groups in total. The highest BCUT2D eigenvalue weighted by Crippen LogP contribution is 2.07. The average molecular weight is 290 g/mol. The number of esters is 1. The molecule has 0 aliphatic carbocycles. The quantitative estimate of drug-likeness (QED) is 0.717. The molecule has 4 nitrogen and oxygen atoms in total. The van der Waals surface area contributed by atoms with E-state index >= 15 is 0 Å². The molecule has 1 aliphatic rings. The number of carbonyl (C=O) groups is 1. The molecule has 1 aliphatic heterocycles. The second kappa shape index (κ2) is 8.80. The second-order valence-electron chi connectivity index (χ2n) is 5.60. The number of methoxy groups -OCH3 is 1. The fraction of sp³-hybridized carbons (Fsp3) is 0.588. The van der Waals surface area contributed by atoms with Crippen molar-refractivity contribution in [1.29, 1.82) is 0 Å². The van der Waals surface area contributed by atoms with Gasteiger partial charge in [-0.15, -0.1) is 0 Å². The van der Waals surface area contributed by atoms with Crippen LogP contribution in [0.4, 0.5) is 0 Å². The Hall–Kier alpha value is -1.39. The van der Waals surface area contributed by atoms with Crippen molar-refractivity contribution in [1.82, 2.24) is 9.80 Å². The van der Waals surface area contributed by atoms with E-state index < -0.39 is 0 Å². The van der Waals surface area contributed by atoms with Crippen molar-refractivity contribution in [3.63, 3.8) is 0 Å². The van der Waals surface area contributed by atoms with E-state index in [1.54, 1.807) is 0 Å². The molecule has 0 unspecified atom stereocenters. The first-order valence-corrected chi connectivity index (χ1v) is 7.83. The van der Waals surface area contributed by atoms with E-state index in [1.807, 2.05) is 0 Å². The topological polar surface area (TPSA) is 32.8 Å². The third-order valence-corrected chi connectivity index (χ3v) is 4.11. The van der Waals surface area contributed by atoms with E-state index in [0.29, 0.717) is 6.42 Å². The van der Waals surface area contributed by atoms with Gasteiger partial charge in [0.25, 0.3) is 0 Å². The normalized spacial score (nSPS) is 16.8.